The third-order valence-electron chi connectivity index (χ3n) is 4.14. The fourth-order valence-electron chi connectivity index (χ4n) is 2.47. The molecule has 1 heterocycles. The van der Waals surface area contributed by atoms with Gasteiger partial charge < -0.3 is 10.6 Å². The van der Waals surface area contributed by atoms with Gasteiger partial charge in [0.2, 0.25) is 10.9 Å². The van der Waals surface area contributed by atoms with Gasteiger partial charge in [-0.2, -0.15) is 0 Å². The lowest BCUT2D eigenvalue weighted by Gasteiger charge is -2.09. The second-order valence-electron chi connectivity index (χ2n) is 6.12. The van der Waals surface area contributed by atoms with E-state index >= 15 is 0 Å². The molecule has 7 heteroatoms. The van der Waals surface area contributed by atoms with Gasteiger partial charge >= 0.3 is 0 Å². The maximum Gasteiger partial charge on any atom is 0.286 e. The third-order valence-corrected chi connectivity index (χ3v) is 5.12. The molecule has 2 aromatic carbocycles. The van der Waals surface area contributed by atoms with Crippen molar-refractivity contribution in [1.82, 2.24) is 10.2 Å². The summed E-state index contributed by atoms with van der Waals surface area (Å²) in [5.41, 5.74) is 3.71. The standard InChI is InChI=1S/C20H20N4O2S/c1-13-7-6-10-16(14(13)2)22-17(25)11-12-18-23-24-20(27-18)19(26)21-15-8-4-3-5-9-15/h3-10H,11-12H2,1-2H3,(H,21,26)(H,22,25). The van der Waals surface area contributed by atoms with Gasteiger partial charge in [0.1, 0.15) is 5.01 Å². The first-order chi connectivity index (χ1) is 13.0. The number of carbonyl (C=O) groups is 2. The highest BCUT2D eigenvalue weighted by atomic mass is 32.1. The van der Waals surface area contributed by atoms with Crippen LogP contribution in [-0.4, -0.2) is 22.0 Å². The van der Waals surface area contributed by atoms with Gasteiger partial charge in [-0.1, -0.05) is 41.7 Å². The Hall–Kier alpha value is -3.06. The highest BCUT2D eigenvalue weighted by molar-refractivity contribution is 7.13. The van der Waals surface area contributed by atoms with E-state index in [0.29, 0.717) is 17.1 Å². The van der Waals surface area contributed by atoms with E-state index in [9.17, 15) is 9.59 Å². The van der Waals surface area contributed by atoms with Crippen molar-refractivity contribution in [2.75, 3.05) is 10.6 Å². The average molecular weight is 380 g/mol. The SMILES string of the molecule is Cc1cccc(NC(=O)CCc2nnc(C(=O)Nc3ccccc3)s2)c1C. The number of carbonyl (C=O) groups excluding carboxylic acids is 2. The van der Waals surface area contributed by atoms with Crippen LogP contribution >= 0.6 is 11.3 Å². The number of hydrogen-bond donors (Lipinski definition) is 2. The summed E-state index contributed by atoms with van der Waals surface area (Å²) >= 11 is 1.20. The third kappa shape index (κ3) is 4.98. The van der Waals surface area contributed by atoms with Crippen LogP contribution in [0.5, 0.6) is 0 Å². The van der Waals surface area contributed by atoms with Gasteiger partial charge in [0.15, 0.2) is 0 Å². The highest BCUT2D eigenvalue weighted by Crippen LogP contribution is 2.19. The normalized spacial score (nSPS) is 10.4. The topological polar surface area (TPSA) is 84.0 Å². The summed E-state index contributed by atoms with van der Waals surface area (Å²) in [6, 6.07) is 15.0. The fourth-order valence-corrected chi connectivity index (χ4v) is 3.21. The van der Waals surface area contributed by atoms with E-state index in [0.717, 1.165) is 16.8 Å². The van der Waals surface area contributed by atoms with Gasteiger partial charge in [-0.3, -0.25) is 9.59 Å². The van der Waals surface area contributed by atoms with Crippen molar-refractivity contribution in [3.63, 3.8) is 0 Å². The van der Waals surface area contributed by atoms with E-state index in [2.05, 4.69) is 20.8 Å². The molecule has 2 amide bonds. The quantitative estimate of drug-likeness (QED) is 0.677. The second kappa shape index (κ2) is 8.55. The minimum Gasteiger partial charge on any atom is -0.326 e. The molecule has 0 aliphatic rings. The average Bonchev–Trinajstić information content (AvgIpc) is 3.14. The van der Waals surface area contributed by atoms with Crippen LogP contribution in [0.15, 0.2) is 48.5 Å². The summed E-state index contributed by atoms with van der Waals surface area (Å²) in [5.74, 6) is -0.390. The minimum atomic E-state index is -0.301. The van der Waals surface area contributed by atoms with E-state index in [-0.39, 0.29) is 23.2 Å². The van der Waals surface area contributed by atoms with Gasteiger partial charge in [-0.15, -0.1) is 10.2 Å². The largest absolute Gasteiger partial charge is 0.326 e. The maximum atomic E-state index is 12.2. The molecule has 0 radical (unpaired) electrons. The van der Waals surface area contributed by atoms with Gasteiger partial charge in [0.25, 0.3) is 5.91 Å². The smallest absolute Gasteiger partial charge is 0.286 e. The van der Waals surface area contributed by atoms with Crippen LogP contribution in [0.3, 0.4) is 0 Å². The molecule has 0 aliphatic heterocycles. The van der Waals surface area contributed by atoms with Crippen LogP contribution in [0, 0.1) is 13.8 Å². The number of aryl methyl sites for hydroxylation is 2. The Bertz CT molecular complexity index is 954. The minimum absolute atomic E-state index is 0.0887. The van der Waals surface area contributed by atoms with Gasteiger partial charge in [-0.25, -0.2) is 0 Å². The van der Waals surface area contributed by atoms with Crippen molar-refractivity contribution in [3.8, 4) is 0 Å². The van der Waals surface area contributed by atoms with E-state index < -0.39 is 0 Å². The molecule has 0 saturated carbocycles. The van der Waals surface area contributed by atoms with Crippen LogP contribution in [0.2, 0.25) is 0 Å². The fraction of sp³-hybridized carbons (Fsp3) is 0.200. The number of rotatable bonds is 6. The molecule has 1 aromatic heterocycles. The summed E-state index contributed by atoms with van der Waals surface area (Å²) < 4.78 is 0. The predicted molar refractivity (Wildman–Crippen MR) is 107 cm³/mol. The van der Waals surface area contributed by atoms with Crippen molar-refractivity contribution in [2.45, 2.75) is 26.7 Å². The zero-order chi connectivity index (χ0) is 19.2. The lowest BCUT2D eigenvalue weighted by molar-refractivity contribution is -0.116. The number of nitrogens with zero attached hydrogens (tertiary/aromatic N) is 2. The van der Waals surface area contributed by atoms with Gasteiger partial charge in [0.05, 0.1) is 0 Å². The molecule has 6 nitrogen and oxygen atoms in total. The Morgan fingerprint density at radius 1 is 0.963 bits per heavy atom. The Kier molecular flexibility index (Phi) is 5.93. The van der Waals surface area contributed by atoms with Crippen molar-refractivity contribution in [1.29, 1.82) is 0 Å². The van der Waals surface area contributed by atoms with Crippen LogP contribution < -0.4 is 10.6 Å². The van der Waals surface area contributed by atoms with Gasteiger partial charge in [0, 0.05) is 24.2 Å². The summed E-state index contributed by atoms with van der Waals surface area (Å²) in [5, 5.41) is 14.6. The zero-order valence-electron chi connectivity index (χ0n) is 15.2. The Morgan fingerprint density at radius 3 is 2.52 bits per heavy atom. The molecule has 0 saturated heterocycles. The van der Waals surface area contributed by atoms with Crippen LogP contribution in [-0.2, 0) is 11.2 Å². The molecule has 0 aliphatic carbocycles. The molecular formula is C20H20N4O2S. The molecule has 138 valence electrons. The Morgan fingerprint density at radius 2 is 1.74 bits per heavy atom. The second-order valence-corrected chi connectivity index (χ2v) is 7.18. The van der Waals surface area contributed by atoms with Crippen LogP contribution in [0.1, 0.15) is 32.4 Å². The molecule has 0 bridgehead atoms. The van der Waals surface area contributed by atoms with Crippen molar-refractivity contribution >= 4 is 34.5 Å². The van der Waals surface area contributed by atoms with Crippen LogP contribution in [0.4, 0.5) is 11.4 Å². The predicted octanol–water partition coefficient (Wildman–Crippen LogP) is 3.98. The maximum absolute atomic E-state index is 12.2. The van der Waals surface area contributed by atoms with E-state index in [4.69, 9.17) is 0 Å². The van der Waals surface area contributed by atoms with E-state index in [1.165, 1.54) is 11.3 Å². The lowest BCUT2D eigenvalue weighted by atomic mass is 10.1. The Labute approximate surface area is 161 Å². The summed E-state index contributed by atoms with van der Waals surface area (Å²) in [4.78, 5) is 24.4. The molecule has 27 heavy (non-hydrogen) atoms. The molecule has 0 spiro atoms. The number of amides is 2. The summed E-state index contributed by atoms with van der Waals surface area (Å²) in [6.07, 6.45) is 0.718. The molecule has 0 unspecified atom stereocenters. The Balaban J connectivity index is 1.54. The summed E-state index contributed by atoms with van der Waals surface area (Å²) in [7, 11) is 0. The van der Waals surface area contributed by atoms with E-state index in [1.54, 1.807) is 12.1 Å². The first-order valence-corrected chi connectivity index (χ1v) is 9.39. The molecular weight excluding hydrogens is 360 g/mol. The van der Waals surface area contributed by atoms with Crippen molar-refractivity contribution < 1.29 is 9.59 Å². The molecule has 3 rings (SSSR count). The number of benzene rings is 2. The van der Waals surface area contributed by atoms with Crippen LogP contribution in [0.25, 0.3) is 0 Å². The van der Waals surface area contributed by atoms with Crippen molar-refractivity contribution in [2.24, 2.45) is 0 Å². The number of anilines is 2. The molecule has 3 aromatic rings. The summed E-state index contributed by atoms with van der Waals surface area (Å²) in [6.45, 7) is 3.99. The monoisotopic (exact) mass is 380 g/mol. The molecule has 2 N–H and O–H groups in total. The highest BCUT2D eigenvalue weighted by Gasteiger charge is 2.14. The lowest BCUT2D eigenvalue weighted by Crippen LogP contribution is -2.13. The number of aromatic nitrogens is 2. The first-order valence-electron chi connectivity index (χ1n) is 8.58. The van der Waals surface area contributed by atoms with Gasteiger partial charge in [-0.05, 0) is 43.2 Å². The van der Waals surface area contributed by atoms with E-state index in [1.807, 2.05) is 50.2 Å². The zero-order valence-corrected chi connectivity index (χ0v) is 16.0. The molecule has 0 fully saturated rings. The number of para-hydroxylation sites is 1. The van der Waals surface area contributed by atoms with Crippen molar-refractivity contribution in [3.05, 3.63) is 69.7 Å². The molecule has 0 atom stereocenters. The number of hydrogen-bond acceptors (Lipinski definition) is 5. The number of nitrogens with one attached hydrogen (secondary N) is 2. The first kappa shape index (κ1) is 18.7.